The van der Waals surface area contributed by atoms with Gasteiger partial charge in [0.2, 0.25) is 10.0 Å². The van der Waals surface area contributed by atoms with Crippen molar-refractivity contribution in [1.82, 2.24) is 4.90 Å². The number of hydrogen-bond acceptors (Lipinski definition) is 3. The molecule has 0 fully saturated rings. The molecule has 0 radical (unpaired) electrons. The van der Waals surface area contributed by atoms with Gasteiger partial charge in [0.25, 0.3) is 5.91 Å². The number of benzene rings is 1. The summed E-state index contributed by atoms with van der Waals surface area (Å²) in [7, 11) is -2.62. The number of nitrogens with zero attached hydrogens (tertiary/aromatic N) is 1. The number of carbonyl (C=O) groups is 1. The fourth-order valence-corrected chi connectivity index (χ4v) is 2.67. The Morgan fingerprint density at radius 2 is 2.05 bits per heavy atom. The lowest BCUT2D eigenvalue weighted by atomic mass is 10.1. The summed E-state index contributed by atoms with van der Waals surface area (Å²) in [5.74, 6) is -1.40. The van der Waals surface area contributed by atoms with E-state index >= 15 is 0 Å². The van der Waals surface area contributed by atoms with Crippen LogP contribution in [-0.4, -0.2) is 32.3 Å². The average molecular weight is 367 g/mol. The third-order valence-corrected chi connectivity index (χ3v) is 4.71. The Hall–Kier alpha value is -0.990. The van der Waals surface area contributed by atoms with E-state index in [2.05, 4.69) is 15.9 Å². The van der Waals surface area contributed by atoms with E-state index in [4.69, 9.17) is 5.14 Å². The number of nitrogens with two attached hydrogens (primary N) is 1. The zero-order chi connectivity index (χ0) is 15.7. The summed E-state index contributed by atoms with van der Waals surface area (Å²) >= 11 is 3.06. The van der Waals surface area contributed by atoms with Gasteiger partial charge in [-0.05, 0) is 41.4 Å². The van der Waals surface area contributed by atoms with E-state index < -0.39 is 26.6 Å². The first-order chi connectivity index (χ1) is 9.09. The molecule has 112 valence electrons. The summed E-state index contributed by atoms with van der Waals surface area (Å²) in [5.41, 5.74) is 0.0539. The van der Waals surface area contributed by atoms with Crippen LogP contribution in [0.4, 0.5) is 4.39 Å². The molecule has 20 heavy (non-hydrogen) atoms. The van der Waals surface area contributed by atoms with Gasteiger partial charge in [-0.1, -0.05) is 6.92 Å². The van der Waals surface area contributed by atoms with Gasteiger partial charge in [0.05, 0.1) is 5.56 Å². The quantitative estimate of drug-likeness (QED) is 0.885. The Kier molecular flexibility index (Phi) is 5.28. The van der Waals surface area contributed by atoms with Crippen LogP contribution < -0.4 is 5.14 Å². The molecule has 1 unspecified atom stereocenters. The van der Waals surface area contributed by atoms with Gasteiger partial charge in [0.15, 0.2) is 0 Å². The first-order valence-corrected chi connectivity index (χ1v) is 8.22. The van der Waals surface area contributed by atoms with E-state index in [0.29, 0.717) is 0 Å². The second kappa shape index (κ2) is 6.19. The van der Waals surface area contributed by atoms with Crippen molar-refractivity contribution in [1.29, 1.82) is 0 Å². The lowest BCUT2D eigenvalue weighted by Crippen LogP contribution is -2.35. The van der Waals surface area contributed by atoms with Gasteiger partial charge in [-0.2, -0.15) is 0 Å². The van der Waals surface area contributed by atoms with E-state index in [0.717, 1.165) is 18.6 Å². The maximum absolute atomic E-state index is 13.6. The van der Waals surface area contributed by atoms with Gasteiger partial charge in [-0.15, -0.1) is 0 Å². The van der Waals surface area contributed by atoms with E-state index in [-0.39, 0.29) is 16.1 Å². The molecule has 0 saturated carbocycles. The van der Waals surface area contributed by atoms with E-state index in [1.807, 2.05) is 13.8 Å². The van der Waals surface area contributed by atoms with Crippen molar-refractivity contribution < 1.29 is 17.6 Å². The first-order valence-electron chi connectivity index (χ1n) is 5.88. The van der Waals surface area contributed by atoms with Crippen LogP contribution in [0.1, 0.15) is 30.6 Å². The summed E-state index contributed by atoms with van der Waals surface area (Å²) in [5, 5.41) is 4.93. The standard InChI is InChI=1S/C12H16BrFN2O3S/c1-4-7(2)16(3)12(17)8-5-11(20(15,18)19)10(14)6-9(8)13/h5-7H,4H2,1-3H3,(H2,15,18,19). The number of sulfonamides is 1. The largest absolute Gasteiger partial charge is 0.339 e. The molecule has 5 nitrogen and oxygen atoms in total. The zero-order valence-electron chi connectivity index (χ0n) is 11.4. The molecule has 1 rings (SSSR count). The third kappa shape index (κ3) is 3.56. The van der Waals surface area contributed by atoms with Gasteiger partial charge in [-0.25, -0.2) is 17.9 Å². The van der Waals surface area contributed by atoms with E-state index in [1.165, 1.54) is 4.90 Å². The maximum atomic E-state index is 13.6. The summed E-state index contributed by atoms with van der Waals surface area (Å²) in [4.78, 5) is 13.1. The van der Waals surface area contributed by atoms with E-state index in [1.54, 1.807) is 7.05 Å². The van der Waals surface area contributed by atoms with Crippen LogP contribution in [0, 0.1) is 5.82 Å². The Morgan fingerprint density at radius 1 is 1.50 bits per heavy atom. The van der Waals surface area contributed by atoms with Gasteiger partial charge < -0.3 is 4.90 Å². The summed E-state index contributed by atoms with van der Waals surface area (Å²) in [6.07, 6.45) is 0.739. The second-order valence-electron chi connectivity index (χ2n) is 4.48. The van der Waals surface area contributed by atoms with Crippen molar-refractivity contribution in [2.45, 2.75) is 31.2 Å². The lowest BCUT2D eigenvalue weighted by Gasteiger charge is -2.24. The van der Waals surface area contributed by atoms with Gasteiger partial charge in [0, 0.05) is 17.6 Å². The number of amides is 1. The molecule has 0 heterocycles. The van der Waals surface area contributed by atoms with Crippen LogP contribution in [-0.2, 0) is 10.0 Å². The van der Waals surface area contributed by atoms with Gasteiger partial charge >= 0.3 is 0 Å². The van der Waals surface area contributed by atoms with Crippen LogP contribution in [0.2, 0.25) is 0 Å². The van der Waals surface area contributed by atoms with Crippen LogP contribution in [0.3, 0.4) is 0 Å². The first kappa shape index (κ1) is 17.1. The molecule has 2 N–H and O–H groups in total. The summed E-state index contributed by atoms with van der Waals surface area (Å²) in [6.45, 7) is 3.78. The van der Waals surface area contributed by atoms with Crippen LogP contribution in [0.5, 0.6) is 0 Å². The Balaban J connectivity index is 3.36. The van der Waals surface area contributed by atoms with Crippen molar-refractivity contribution in [3.63, 3.8) is 0 Å². The van der Waals surface area contributed by atoms with Crippen LogP contribution >= 0.6 is 15.9 Å². The summed E-state index contributed by atoms with van der Waals surface area (Å²) < 4.78 is 36.4. The SMILES string of the molecule is CCC(C)N(C)C(=O)c1cc(S(N)(=O)=O)c(F)cc1Br. The number of halogens is 2. The average Bonchev–Trinajstić information content (AvgIpc) is 2.34. The molecular formula is C12H16BrFN2O3S. The van der Waals surface area contributed by atoms with Crippen molar-refractivity contribution in [3.8, 4) is 0 Å². The normalized spacial score (nSPS) is 13.1. The highest BCUT2D eigenvalue weighted by molar-refractivity contribution is 9.10. The number of rotatable bonds is 4. The topological polar surface area (TPSA) is 80.5 Å². The molecule has 0 saturated heterocycles. The van der Waals surface area contributed by atoms with Crippen molar-refractivity contribution in [2.24, 2.45) is 5.14 Å². The minimum Gasteiger partial charge on any atom is -0.339 e. The van der Waals surface area contributed by atoms with Gasteiger partial charge in [0.1, 0.15) is 10.7 Å². The number of carbonyl (C=O) groups excluding carboxylic acids is 1. The lowest BCUT2D eigenvalue weighted by molar-refractivity contribution is 0.0739. The smallest absolute Gasteiger partial charge is 0.255 e. The maximum Gasteiger partial charge on any atom is 0.255 e. The molecule has 1 aromatic rings. The third-order valence-electron chi connectivity index (χ3n) is 3.13. The molecule has 0 bridgehead atoms. The molecule has 0 aliphatic carbocycles. The monoisotopic (exact) mass is 366 g/mol. The van der Waals surface area contributed by atoms with Crippen molar-refractivity contribution in [3.05, 3.63) is 28.0 Å². The zero-order valence-corrected chi connectivity index (χ0v) is 13.8. The predicted molar refractivity (Wildman–Crippen MR) is 77.3 cm³/mol. The molecule has 0 spiro atoms. The van der Waals surface area contributed by atoms with Crippen molar-refractivity contribution in [2.75, 3.05) is 7.05 Å². The van der Waals surface area contributed by atoms with Crippen LogP contribution in [0.25, 0.3) is 0 Å². The van der Waals surface area contributed by atoms with E-state index in [9.17, 15) is 17.6 Å². The predicted octanol–water partition coefficient (Wildman–Crippen LogP) is 2.11. The molecule has 0 aromatic heterocycles. The molecule has 8 heteroatoms. The molecule has 0 aliphatic heterocycles. The van der Waals surface area contributed by atoms with Crippen LogP contribution in [0.15, 0.2) is 21.5 Å². The fourth-order valence-electron chi connectivity index (χ4n) is 1.58. The Labute approximate surface area is 126 Å². The highest BCUT2D eigenvalue weighted by atomic mass is 79.9. The molecule has 1 amide bonds. The molecular weight excluding hydrogens is 351 g/mol. The minimum absolute atomic E-state index is 0.0302. The molecule has 0 aliphatic rings. The number of primary sulfonamides is 1. The number of hydrogen-bond donors (Lipinski definition) is 1. The molecule has 1 atom stereocenters. The fraction of sp³-hybridized carbons (Fsp3) is 0.417. The Bertz CT molecular complexity index is 634. The van der Waals surface area contributed by atoms with Gasteiger partial charge in [-0.3, -0.25) is 4.79 Å². The summed E-state index contributed by atoms with van der Waals surface area (Å²) in [6, 6.07) is 1.85. The highest BCUT2D eigenvalue weighted by Crippen LogP contribution is 2.25. The molecule has 1 aromatic carbocycles. The Morgan fingerprint density at radius 3 is 2.50 bits per heavy atom. The highest BCUT2D eigenvalue weighted by Gasteiger charge is 2.23. The van der Waals surface area contributed by atoms with Crippen molar-refractivity contribution >= 4 is 31.9 Å². The minimum atomic E-state index is -4.22. The second-order valence-corrected chi connectivity index (χ2v) is 6.86.